The summed E-state index contributed by atoms with van der Waals surface area (Å²) in [6.07, 6.45) is 1.55. The molecular weight excluding hydrogens is 224 g/mol. The normalized spacial score (nSPS) is 28.7. The predicted octanol–water partition coefficient (Wildman–Crippen LogP) is 3.33. The van der Waals surface area contributed by atoms with Crippen molar-refractivity contribution in [1.82, 2.24) is 0 Å². The number of rotatable bonds is 2. The molecule has 0 aliphatic carbocycles. The van der Waals surface area contributed by atoms with E-state index in [9.17, 15) is 5.11 Å². The lowest BCUT2D eigenvalue weighted by Crippen LogP contribution is -2.41. The first-order valence-electron chi connectivity index (χ1n) is 6.84. The van der Waals surface area contributed by atoms with Gasteiger partial charge in [0.05, 0.1) is 18.3 Å². The van der Waals surface area contributed by atoms with Crippen LogP contribution in [0.2, 0.25) is 0 Å². The largest absolute Gasteiger partial charge is 0.385 e. The van der Waals surface area contributed by atoms with E-state index in [0.717, 1.165) is 5.56 Å². The maximum atomic E-state index is 11.0. The second-order valence-electron chi connectivity index (χ2n) is 5.96. The second-order valence-corrected chi connectivity index (χ2v) is 5.96. The van der Waals surface area contributed by atoms with Gasteiger partial charge in [-0.3, -0.25) is 0 Å². The lowest BCUT2D eigenvalue weighted by molar-refractivity contribution is -0.121. The van der Waals surface area contributed by atoms with Gasteiger partial charge in [-0.05, 0) is 30.9 Å². The predicted molar refractivity (Wildman–Crippen MR) is 73.6 cm³/mol. The Hall–Kier alpha value is -0.860. The minimum Gasteiger partial charge on any atom is -0.385 e. The van der Waals surface area contributed by atoms with E-state index in [-0.39, 0.29) is 6.10 Å². The van der Waals surface area contributed by atoms with Crippen molar-refractivity contribution in [3.63, 3.8) is 0 Å². The van der Waals surface area contributed by atoms with Crippen LogP contribution in [0.5, 0.6) is 0 Å². The highest BCUT2D eigenvalue weighted by Crippen LogP contribution is 2.38. The van der Waals surface area contributed by atoms with Gasteiger partial charge in [0.15, 0.2) is 0 Å². The van der Waals surface area contributed by atoms with Gasteiger partial charge in [0.2, 0.25) is 0 Å². The van der Waals surface area contributed by atoms with Crippen molar-refractivity contribution in [2.45, 2.75) is 52.2 Å². The minimum atomic E-state index is -0.717. The molecule has 2 unspecified atom stereocenters. The molecule has 0 bridgehead atoms. The molecule has 1 saturated heterocycles. The summed E-state index contributed by atoms with van der Waals surface area (Å²) >= 11 is 0. The summed E-state index contributed by atoms with van der Waals surface area (Å²) in [6.45, 7) is 9.12. The first-order valence-corrected chi connectivity index (χ1v) is 6.84. The van der Waals surface area contributed by atoms with Crippen molar-refractivity contribution in [2.75, 3.05) is 6.61 Å². The van der Waals surface area contributed by atoms with E-state index in [1.807, 2.05) is 0 Å². The average molecular weight is 248 g/mol. The molecule has 1 fully saturated rings. The van der Waals surface area contributed by atoms with Crippen LogP contribution in [0.4, 0.5) is 0 Å². The lowest BCUT2D eigenvalue weighted by atomic mass is 9.79. The summed E-state index contributed by atoms with van der Waals surface area (Å²) in [5, 5.41) is 11.0. The molecule has 18 heavy (non-hydrogen) atoms. The van der Waals surface area contributed by atoms with Crippen molar-refractivity contribution in [3.8, 4) is 0 Å². The molecule has 1 heterocycles. The van der Waals surface area contributed by atoms with E-state index < -0.39 is 5.60 Å². The van der Waals surface area contributed by atoms with Gasteiger partial charge < -0.3 is 9.84 Å². The van der Waals surface area contributed by atoms with Crippen LogP contribution in [-0.4, -0.2) is 17.8 Å². The fraction of sp³-hybridized carbons (Fsp3) is 0.625. The van der Waals surface area contributed by atoms with Gasteiger partial charge in [-0.2, -0.15) is 0 Å². The molecule has 1 aromatic carbocycles. The SMILES string of the molecule is Cc1ccc(C2(O)CCOC(C(C)C)C2)c(C)c1. The van der Waals surface area contributed by atoms with Crippen molar-refractivity contribution < 1.29 is 9.84 Å². The van der Waals surface area contributed by atoms with E-state index in [1.54, 1.807) is 0 Å². The highest BCUT2D eigenvalue weighted by atomic mass is 16.5. The Labute approximate surface area is 110 Å². The van der Waals surface area contributed by atoms with E-state index in [1.165, 1.54) is 11.1 Å². The monoisotopic (exact) mass is 248 g/mol. The Balaban J connectivity index is 2.29. The zero-order valence-corrected chi connectivity index (χ0v) is 11.9. The quantitative estimate of drug-likeness (QED) is 0.870. The Morgan fingerprint density at radius 1 is 1.33 bits per heavy atom. The van der Waals surface area contributed by atoms with Crippen LogP contribution in [0.1, 0.15) is 43.4 Å². The molecule has 0 aromatic heterocycles. The molecule has 2 rings (SSSR count). The Kier molecular flexibility index (Phi) is 3.79. The zero-order chi connectivity index (χ0) is 13.3. The average Bonchev–Trinajstić information content (AvgIpc) is 2.28. The highest BCUT2D eigenvalue weighted by molar-refractivity contribution is 5.35. The number of aryl methyl sites for hydroxylation is 2. The van der Waals surface area contributed by atoms with E-state index in [0.29, 0.717) is 25.4 Å². The van der Waals surface area contributed by atoms with Crippen LogP contribution in [-0.2, 0) is 10.3 Å². The van der Waals surface area contributed by atoms with Crippen LogP contribution in [0, 0.1) is 19.8 Å². The summed E-state index contributed by atoms with van der Waals surface area (Å²) in [6, 6.07) is 6.31. The molecule has 1 aromatic rings. The third kappa shape index (κ3) is 2.60. The molecule has 2 heteroatoms. The standard InChI is InChI=1S/C16H24O2/c1-11(2)15-10-16(17,7-8-18-15)14-6-5-12(3)9-13(14)4/h5-6,9,11,15,17H,7-8,10H2,1-4H3. The molecule has 0 radical (unpaired) electrons. The van der Waals surface area contributed by atoms with Crippen molar-refractivity contribution in [1.29, 1.82) is 0 Å². The van der Waals surface area contributed by atoms with Gasteiger partial charge in [0, 0.05) is 12.8 Å². The zero-order valence-electron chi connectivity index (χ0n) is 11.9. The summed E-state index contributed by atoms with van der Waals surface area (Å²) < 4.78 is 5.76. The highest BCUT2D eigenvalue weighted by Gasteiger charge is 2.38. The van der Waals surface area contributed by atoms with Crippen LogP contribution >= 0.6 is 0 Å². The maximum absolute atomic E-state index is 11.0. The molecule has 1 aliphatic heterocycles. The number of aliphatic hydroxyl groups is 1. The van der Waals surface area contributed by atoms with Crippen molar-refractivity contribution in [2.24, 2.45) is 5.92 Å². The number of benzene rings is 1. The van der Waals surface area contributed by atoms with Crippen LogP contribution < -0.4 is 0 Å². The minimum absolute atomic E-state index is 0.157. The number of hydrogen-bond acceptors (Lipinski definition) is 2. The third-order valence-corrected chi connectivity index (χ3v) is 4.01. The third-order valence-electron chi connectivity index (χ3n) is 4.01. The maximum Gasteiger partial charge on any atom is 0.0945 e. The summed E-state index contributed by atoms with van der Waals surface area (Å²) in [5.74, 6) is 0.447. The van der Waals surface area contributed by atoms with E-state index in [2.05, 4.69) is 45.9 Å². The van der Waals surface area contributed by atoms with Gasteiger partial charge in [-0.1, -0.05) is 37.6 Å². The smallest absolute Gasteiger partial charge is 0.0945 e. The van der Waals surface area contributed by atoms with Gasteiger partial charge in [0.1, 0.15) is 0 Å². The summed E-state index contributed by atoms with van der Waals surface area (Å²) in [4.78, 5) is 0. The molecule has 1 N–H and O–H groups in total. The topological polar surface area (TPSA) is 29.5 Å². The number of hydrogen-bond donors (Lipinski definition) is 1. The summed E-state index contributed by atoms with van der Waals surface area (Å²) in [7, 11) is 0. The van der Waals surface area contributed by atoms with Gasteiger partial charge >= 0.3 is 0 Å². The molecule has 2 atom stereocenters. The first-order chi connectivity index (χ1) is 8.42. The Bertz CT molecular complexity index is 425. The summed E-state index contributed by atoms with van der Waals surface area (Å²) in [5.41, 5.74) is 2.78. The molecule has 0 amide bonds. The Morgan fingerprint density at radius 2 is 2.06 bits per heavy atom. The lowest BCUT2D eigenvalue weighted by Gasteiger charge is -2.39. The van der Waals surface area contributed by atoms with Crippen LogP contribution in [0.3, 0.4) is 0 Å². The van der Waals surface area contributed by atoms with Gasteiger partial charge in [0.25, 0.3) is 0 Å². The molecule has 100 valence electrons. The van der Waals surface area contributed by atoms with Crippen LogP contribution in [0.15, 0.2) is 18.2 Å². The van der Waals surface area contributed by atoms with E-state index >= 15 is 0 Å². The fourth-order valence-electron chi connectivity index (χ4n) is 2.88. The second kappa shape index (κ2) is 5.02. The molecule has 2 nitrogen and oxygen atoms in total. The first kappa shape index (κ1) is 13.6. The van der Waals surface area contributed by atoms with Gasteiger partial charge in [-0.25, -0.2) is 0 Å². The van der Waals surface area contributed by atoms with Crippen molar-refractivity contribution in [3.05, 3.63) is 34.9 Å². The number of ether oxygens (including phenoxy) is 1. The van der Waals surface area contributed by atoms with E-state index in [4.69, 9.17) is 4.74 Å². The van der Waals surface area contributed by atoms with Crippen LogP contribution in [0.25, 0.3) is 0 Å². The molecular formula is C16H24O2. The van der Waals surface area contributed by atoms with Crippen molar-refractivity contribution >= 4 is 0 Å². The Morgan fingerprint density at radius 3 is 2.67 bits per heavy atom. The molecule has 0 spiro atoms. The molecule has 0 saturated carbocycles. The fourth-order valence-corrected chi connectivity index (χ4v) is 2.88. The van der Waals surface area contributed by atoms with Gasteiger partial charge in [-0.15, -0.1) is 0 Å². The molecule has 1 aliphatic rings.